The van der Waals surface area contributed by atoms with Crippen molar-refractivity contribution in [3.63, 3.8) is 0 Å². The summed E-state index contributed by atoms with van der Waals surface area (Å²) in [6.45, 7) is 4.98. The summed E-state index contributed by atoms with van der Waals surface area (Å²) in [7, 11) is 0. The predicted octanol–water partition coefficient (Wildman–Crippen LogP) is 2.74. The van der Waals surface area contributed by atoms with Crippen LogP contribution in [-0.4, -0.2) is 12.1 Å². The molecule has 2 rings (SSSR count). The molecule has 1 heterocycles. The first-order valence-corrected chi connectivity index (χ1v) is 5.12. The minimum atomic E-state index is -0.107. The Morgan fingerprint density at radius 1 is 1.43 bits per heavy atom. The van der Waals surface area contributed by atoms with Crippen molar-refractivity contribution >= 4 is 11.6 Å². The van der Waals surface area contributed by atoms with Crippen LogP contribution in [0.4, 0.5) is 0 Å². The smallest absolute Gasteiger partial charge is 0.136 e. The first-order valence-electron chi connectivity index (χ1n) is 4.74. The van der Waals surface area contributed by atoms with E-state index >= 15 is 0 Å². The van der Waals surface area contributed by atoms with Gasteiger partial charge >= 0.3 is 0 Å². The molecule has 2 nitrogen and oxygen atoms in total. The molecule has 0 bridgehead atoms. The lowest BCUT2D eigenvalue weighted by Crippen LogP contribution is -2.23. The molecule has 1 N–H and O–H groups in total. The zero-order valence-corrected chi connectivity index (χ0v) is 9.14. The van der Waals surface area contributed by atoms with Crippen molar-refractivity contribution in [2.75, 3.05) is 6.54 Å². The first kappa shape index (κ1) is 9.97. The zero-order chi connectivity index (χ0) is 10.2. The number of nitrogens with one attached hydrogen (secondary N) is 1. The van der Waals surface area contributed by atoms with E-state index < -0.39 is 0 Å². The highest BCUT2D eigenvalue weighted by Crippen LogP contribution is 2.31. The van der Waals surface area contributed by atoms with E-state index in [-0.39, 0.29) is 11.8 Å². The van der Waals surface area contributed by atoms with Gasteiger partial charge in [-0.15, -0.1) is 0 Å². The highest BCUT2D eigenvalue weighted by molar-refractivity contribution is 6.31. The van der Waals surface area contributed by atoms with E-state index in [0.29, 0.717) is 0 Å². The third-order valence-corrected chi connectivity index (χ3v) is 2.68. The molecule has 1 fully saturated rings. The summed E-state index contributed by atoms with van der Waals surface area (Å²) >= 11 is 6.08. The molecule has 0 spiro atoms. The summed E-state index contributed by atoms with van der Waals surface area (Å²) in [5.74, 6) is 0. The summed E-state index contributed by atoms with van der Waals surface area (Å²) in [6, 6.07) is 7.76. The lowest BCUT2D eigenvalue weighted by Gasteiger charge is -2.18. The summed E-state index contributed by atoms with van der Waals surface area (Å²) in [6.07, 6.45) is -0.0706. The van der Waals surface area contributed by atoms with Crippen LogP contribution in [0, 0.1) is 0 Å². The second-order valence-corrected chi connectivity index (χ2v) is 4.57. The molecule has 1 aliphatic rings. The van der Waals surface area contributed by atoms with Gasteiger partial charge < -0.3 is 4.74 Å². The predicted molar refractivity (Wildman–Crippen MR) is 57.4 cm³/mol. The van der Waals surface area contributed by atoms with Crippen LogP contribution >= 0.6 is 11.6 Å². The Labute approximate surface area is 89.2 Å². The Hall–Kier alpha value is -0.570. The molecular formula is C11H14ClNO. The van der Waals surface area contributed by atoms with E-state index in [1.807, 2.05) is 24.3 Å². The first-order chi connectivity index (χ1) is 6.58. The SMILES string of the molecule is CC1(C)CNC(c2ccccc2Cl)O1. The molecule has 1 saturated heterocycles. The van der Waals surface area contributed by atoms with Gasteiger partial charge in [-0.1, -0.05) is 29.8 Å². The molecule has 14 heavy (non-hydrogen) atoms. The molecule has 1 aliphatic heterocycles. The fourth-order valence-electron chi connectivity index (χ4n) is 1.60. The topological polar surface area (TPSA) is 21.3 Å². The average molecular weight is 212 g/mol. The van der Waals surface area contributed by atoms with E-state index in [0.717, 1.165) is 17.1 Å². The van der Waals surface area contributed by atoms with E-state index in [1.54, 1.807) is 0 Å². The Morgan fingerprint density at radius 2 is 2.14 bits per heavy atom. The van der Waals surface area contributed by atoms with Gasteiger partial charge in [0.05, 0.1) is 5.60 Å². The van der Waals surface area contributed by atoms with E-state index in [4.69, 9.17) is 16.3 Å². The minimum absolute atomic E-state index is 0.0706. The third kappa shape index (κ3) is 1.92. The van der Waals surface area contributed by atoms with Gasteiger partial charge in [-0.05, 0) is 19.9 Å². The molecule has 0 saturated carbocycles. The fourth-order valence-corrected chi connectivity index (χ4v) is 1.84. The average Bonchev–Trinajstić information content (AvgIpc) is 2.47. The highest BCUT2D eigenvalue weighted by atomic mass is 35.5. The summed E-state index contributed by atoms with van der Waals surface area (Å²) in [4.78, 5) is 0. The second kappa shape index (κ2) is 3.54. The van der Waals surface area contributed by atoms with Crippen LogP contribution in [0.1, 0.15) is 25.6 Å². The van der Waals surface area contributed by atoms with Crippen molar-refractivity contribution < 1.29 is 4.74 Å². The van der Waals surface area contributed by atoms with Crippen molar-refractivity contribution in [3.05, 3.63) is 34.9 Å². The lowest BCUT2D eigenvalue weighted by molar-refractivity contribution is -0.0155. The summed E-state index contributed by atoms with van der Waals surface area (Å²) in [5.41, 5.74) is 0.906. The molecule has 0 radical (unpaired) electrons. The van der Waals surface area contributed by atoms with Crippen molar-refractivity contribution in [1.82, 2.24) is 5.32 Å². The van der Waals surface area contributed by atoms with Crippen molar-refractivity contribution in [2.45, 2.75) is 25.7 Å². The fraction of sp³-hybridized carbons (Fsp3) is 0.455. The van der Waals surface area contributed by atoms with Crippen LogP contribution in [-0.2, 0) is 4.74 Å². The maximum Gasteiger partial charge on any atom is 0.136 e. The largest absolute Gasteiger partial charge is 0.352 e. The van der Waals surface area contributed by atoms with Gasteiger partial charge in [0.25, 0.3) is 0 Å². The van der Waals surface area contributed by atoms with Gasteiger partial charge in [0, 0.05) is 17.1 Å². The lowest BCUT2D eigenvalue weighted by atomic mass is 10.1. The van der Waals surface area contributed by atoms with Crippen LogP contribution in [0.25, 0.3) is 0 Å². The molecule has 1 aromatic rings. The molecule has 0 aliphatic carbocycles. The van der Waals surface area contributed by atoms with Gasteiger partial charge in [-0.25, -0.2) is 0 Å². The van der Waals surface area contributed by atoms with Gasteiger partial charge in [0.15, 0.2) is 0 Å². The number of hydrogen-bond donors (Lipinski definition) is 1. The molecule has 1 atom stereocenters. The molecule has 0 amide bonds. The molecular weight excluding hydrogens is 198 g/mol. The molecule has 76 valence electrons. The zero-order valence-electron chi connectivity index (χ0n) is 8.38. The Balaban J connectivity index is 2.22. The van der Waals surface area contributed by atoms with Crippen LogP contribution in [0.3, 0.4) is 0 Å². The standard InChI is InChI=1S/C11H14ClNO/c1-11(2)7-13-10(14-11)8-5-3-4-6-9(8)12/h3-6,10,13H,7H2,1-2H3. The molecule has 3 heteroatoms. The van der Waals surface area contributed by atoms with Gasteiger partial charge in [-0.2, -0.15) is 0 Å². The van der Waals surface area contributed by atoms with Crippen LogP contribution in [0.5, 0.6) is 0 Å². The Morgan fingerprint density at radius 3 is 2.71 bits per heavy atom. The number of halogens is 1. The Kier molecular flexibility index (Phi) is 2.52. The second-order valence-electron chi connectivity index (χ2n) is 4.16. The van der Waals surface area contributed by atoms with Crippen LogP contribution < -0.4 is 5.32 Å². The summed E-state index contributed by atoms with van der Waals surface area (Å²) < 4.78 is 5.82. The van der Waals surface area contributed by atoms with Gasteiger partial charge in [0.2, 0.25) is 0 Å². The van der Waals surface area contributed by atoms with Gasteiger partial charge in [-0.3, -0.25) is 5.32 Å². The molecule has 0 aromatic heterocycles. The summed E-state index contributed by atoms with van der Waals surface area (Å²) in [5, 5.41) is 4.05. The molecule has 1 unspecified atom stereocenters. The maximum atomic E-state index is 6.08. The van der Waals surface area contributed by atoms with Crippen molar-refractivity contribution in [2.24, 2.45) is 0 Å². The van der Waals surface area contributed by atoms with Crippen molar-refractivity contribution in [1.29, 1.82) is 0 Å². The minimum Gasteiger partial charge on any atom is -0.352 e. The van der Waals surface area contributed by atoms with E-state index in [9.17, 15) is 0 Å². The number of rotatable bonds is 1. The monoisotopic (exact) mass is 211 g/mol. The van der Waals surface area contributed by atoms with E-state index in [1.165, 1.54) is 0 Å². The number of ether oxygens (including phenoxy) is 1. The van der Waals surface area contributed by atoms with Gasteiger partial charge in [0.1, 0.15) is 6.23 Å². The van der Waals surface area contributed by atoms with Crippen molar-refractivity contribution in [3.8, 4) is 0 Å². The number of hydrogen-bond acceptors (Lipinski definition) is 2. The van der Waals surface area contributed by atoms with E-state index in [2.05, 4.69) is 19.2 Å². The number of benzene rings is 1. The molecule has 1 aromatic carbocycles. The highest BCUT2D eigenvalue weighted by Gasteiger charge is 2.32. The third-order valence-electron chi connectivity index (χ3n) is 2.34. The quantitative estimate of drug-likeness (QED) is 0.772. The Bertz CT molecular complexity index is 338. The maximum absolute atomic E-state index is 6.08. The van der Waals surface area contributed by atoms with Crippen LogP contribution in [0.2, 0.25) is 5.02 Å². The normalized spacial score (nSPS) is 25.2. The van der Waals surface area contributed by atoms with Crippen LogP contribution in [0.15, 0.2) is 24.3 Å².